The largest absolute Gasteiger partial charge is 0.479 e. The van der Waals surface area contributed by atoms with Gasteiger partial charge in [-0.25, -0.2) is 4.98 Å². The number of carbonyl (C=O) groups is 2. The van der Waals surface area contributed by atoms with E-state index in [9.17, 15) is 14.4 Å². The zero-order chi connectivity index (χ0) is 24.9. The zero-order valence-electron chi connectivity index (χ0n) is 19.6. The second kappa shape index (κ2) is 8.98. The lowest BCUT2D eigenvalue weighted by atomic mass is 10.1. The number of nitrogens with one attached hydrogen (secondary N) is 1. The van der Waals surface area contributed by atoms with Crippen LogP contribution in [0.3, 0.4) is 0 Å². The number of hydrogen-bond acceptors (Lipinski definition) is 7. The first kappa shape index (κ1) is 23.3. The van der Waals surface area contributed by atoms with Gasteiger partial charge in [0.15, 0.2) is 17.0 Å². The maximum atomic E-state index is 13.2. The van der Waals surface area contributed by atoms with Crippen LogP contribution in [-0.4, -0.2) is 40.1 Å². The van der Waals surface area contributed by atoms with Crippen LogP contribution in [0, 0.1) is 6.92 Å². The van der Waals surface area contributed by atoms with Crippen molar-refractivity contribution in [3.8, 4) is 16.9 Å². The highest BCUT2D eigenvalue weighted by Crippen LogP contribution is 2.36. The third-order valence-corrected chi connectivity index (χ3v) is 7.89. The van der Waals surface area contributed by atoms with Gasteiger partial charge in [0, 0.05) is 23.6 Å². The highest BCUT2D eigenvalue weighted by molar-refractivity contribution is 8.00. The van der Waals surface area contributed by atoms with Gasteiger partial charge < -0.3 is 14.6 Å². The van der Waals surface area contributed by atoms with Gasteiger partial charge in [-0.15, -0.1) is 11.3 Å². The second-order valence-corrected chi connectivity index (χ2v) is 10.7. The van der Waals surface area contributed by atoms with Crippen LogP contribution < -0.4 is 15.2 Å². The topological polar surface area (TPSA) is 92.4 Å². The number of thioether (sulfide) groups is 1. The molecule has 3 heterocycles. The van der Waals surface area contributed by atoms with Crippen molar-refractivity contribution in [2.24, 2.45) is 0 Å². The number of fused-ring (bicyclic) bond motifs is 2. The normalized spacial score (nSPS) is 16.2. The van der Waals surface area contributed by atoms with Crippen molar-refractivity contribution in [3.63, 3.8) is 0 Å². The van der Waals surface area contributed by atoms with Crippen molar-refractivity contribution in [1.29, 1.82) is 0 Å². The van der Waals surface area contributed by atoms with E-state index in [0.29, 0.717) is 32.4 Å². The molecule has 0 fully saturated rings. The van der Waals surface area contributed by atoms with E-state index in [1.54, 1.807) is 39.1 Å². The molecule has 0 aliphatic carbocycles. The average molecular weight is 506 g/mol. The number of benzene rings is 2. The number of ether oxygens (including phenoxy) is 1. The minimum absolute atomic E-state index is 0.133. The van der Waals surface area contributed by atoms with Gasteiger partial charge >= 0.3 is 0 Å². The van der Waals surface area contributed by atoms with Crippen LogP contribution in [0.5, 0.6) is 5.75 Å². The summed E-state index contributed by atoms with van der Waals surface area (Å²) in [6.45, 7) is 5.49. The molecule has 0 bridgehead atoms. The Morgan fingerprint density at radius 2 is 1.94 bits per heavy atom. The van der Waals surface area contributed by atoms with E-state index in [2.05, 4.69) is 9.97 Å². The summed E-state index contributed by atoms with van der Waals surface area (Å²) in [4.78, 5) is 48.0. The van der Waals surface area contributed by atoms with E-state index in [0.717, 1.165) is 16.7 Å². The second-order valence-electron chi connectivity index (χ2n) is 8.53. The molecule has 5 rings (SSSR count). The van der Waals surface area contributed by atoms with Crippen LogP contribution >= 0.6 is 23.1 Å². The Bertz CT molecular complexity index is 1520. The van der Waals surface area contributed by atoms with Gasteiger partial charge in [-0.2, -0.15) is 0 Å². The van der Waals surface area contributed by atoms with Gasteiger partial charge in [0.05, 0.1) is 16.3 Å². The fraction of sp³-hybridized carbons (Fsp3) is 0.231. The monoisotopic (exact) mass is 505 g/mol. The number of anilines is 1. The first-order chi connectivity index (χ1) is 16.7. The Balaban J connectivity index is 1.40. The maximum absolute atomic E-state index is 13.2. The molecule has 7 nitrogen and oxygen atoms in total. The number of Topliss-reactive ketones (excluding diaryl/α,β-unsaturated/α-hetero) is 1. The minimum atomic E-state index is -0.565. The van der Waals surface area contributed by atoms with Crippen molar-refractivity contribution in [1.82, 2.24) is 9.97 Å². The Morgan fingerprint density at radius 1 is 1.20 bits per heavy atom. The number of aromatic amines is 1. The van der Waals surface area contributed by atoms with Crippen molar-refractivity contribution in [2.45, 2.75) is 37.3 Å². The molecule has 2 atom stereocenters. The fourth-order valence-electron chi connectivity index (χ4n) is 4.05. The summed E-state index contributed by atoms with van der Waals surface area (Å²) in [7, 11) is 1.67. The summed E-state index contributed by atoms with van der Waals surface area (Å²) in [5.74, 6) is 0.266. The Kier molecular flexibility index (Phi) is 5.98. The van der Waals surface area contributed by atoms with Gasteiger partial charge in [-0.05, 0) is 44.5 Å². The van der Waals surface area contributed by atoms with E-state index >= 15 is 0 Å². The zero-order valence-corrected chi connectivity index (χ0v) is 21.3. The predicted molar refractivity (Wildman–Crippen MR) is 140 cm³/mol. The molecule has 4 aromatic rings. The number of H-pyrrole nitrogens is 1. The van der Waals surface area contributed by atoms with E-state index in [1.807, 2.05) is 36.6 Å². The van der Waals surface area contributed by atoms with Gasteiger partial charge in [0.2, 0.25) is 0 Å². The molecule has 0 saturated heterocycles. The van der Waals surface area contributed by atoms with E-state index in [4.69, 9.17) is 4.74 Å². The summed E-state index contributed by atoms with van der Waals surface area (Å²) < 4.78 is 5.64. The van der Waals surface area contributed by atoms with Crippen molar-refractivity contribution >= 4 is 50.7 Å². The molecule has 9 heteroatoms. The molecular formula is C26H23N3O4S2. The van der Waals surface area contributed by atoms with Gasteiger partial charge in [-0.3, -0.25) is 14.4 Å². The number of carbonyl (C=O) groups excluding carboxylic acids is 2. The highest BCUT2D eigenvalue weighted by atomic mass is 32.2. The van der Waals surface area contributed by atoms with Crippen molar-refractivity contribution in [2.75, 3.05) is 11.9 Å². The Labute approximate surface area is 210 Å². The lowest BCUT2D eigenvalue weighted by Gasteiger charge is -2.30. The van der Waals surface area contributed by atoms with Crippen LogP contribution in [0.2, 0.25) is 0 Å². The van der Waals surface area contributed by atoms with Crippen LogP contribution in [0.4, 0.5) is 5.69 Å². The molecule has 0 saturated carbocycles. The first-order valence-electron chi connectivity index (χ1n) is 11.1. The van der Waals surface area contributed by atoms with Crippen molar-refractivity contribution < 1.29 is 14.3 Å². The molecule has 178 valence electrons. The molecule has 1 amide bonds. The van der Waals surface area contributed by atoms with Crippen LogP contribution in [0.1, 0.15) is 29.8 Å². The number of aryl methyl sites for hydroxylation is 1. The number of ketones is 1. The van der Waals surface area contributed by atoms with Gasteiger partial charge in [0.25, 0.3) is 11.5 Å². The van der Waals surface area contributed by atoms with Crippen LogP contribution in [-0.2, 0) is 4.79 Å². The molecule has 2 aromatic carbocycles. The Hall–Kier alpha value is -3.43. The number of hydrogen-bond donors (Lipinski definition) is 1. The number of rotatable bonds is 5. The number of thiophene rings is 1. The lowest BCUT2D eigenvalue weighted by Crippen LogP contribution is -2.42. The highest BCUT2D eigenvalue weighted by Gasteiger charge is 2.30. The Morgan fingerprint density at radius 3 is 2.69 bits per heavy atom. The number of aromatic nitrogens is 2. The fourth-order valence-corrected chi connectivity index (χ4v) is 5.93. The molecule has 0 spiro atoms. The summed E-state index contributed by atoms with van der Waals surface area (Å²) in [5.41, 5.74) is 3.76. The third kappa shape index (κ3) is 4.26. The molecule has 2 aromatic heterocycles. The molecule has 1 aliphatic heterocycles. The standard InChI is InChI=1S/C26H23N3O4S2/c1-13-5-7-16(8-6-13)18-12-34-24-21(18)23(31)27-26(28-24)35-15(3)22(30)17-9-10-20-19(11-17)29(4)25(32)14(2)33-20/h5-12,14-15H,1-4H3,(H,27,28,31). The van der Waals surface area contributed by atoms with Crippen LogP contribution in [0.15, 0.2) is 57.8 Å². The quantitative estimate of drug-likeness (QED) is 0.231. The van der Waals surface area contributed by atoms with Crippen molar-refractivity contribution in [3.05, 3.63) is 69.3 Å². The maximum Gasteiger partial charge on any atom is 0.267 e. The van der Waals surface area contributed by atoms with E-state index < -0.39 is 11.4 Å². The summed E-state index contributed by atoms with van der Waals surface area (Å²) in [6, 6.07) is 13.1. The number of amides is 1. The molecule has 35 heavy (non-hydrogen) atoms. The molecule has 1 N–H and O–H groups in total. The third-order valence-electron chi connectivity index (χ3n) is 6.03. The van der Waals surface area contributed by atoms with Gasteiger partial charge in [0.1, 0.15) is 10.6 Å². The molecule has 1 aliphatic rings. The number of nitrogens with zero attached hydrogens (tertiary/aromatic N) is 2. The predicted octanol–water partition coefficient (Wildman–Crippen LogP) is 5.07. The summed E-state index contributed by atoms with van der Waals surface area (Å²) in [6.07, 6.45) is -0.565. The van der Waals surface area contributed by atoms with Gasteiger partial charge in [-0.1, -0.05) is 41.6 Å². The summed E-state index contributed by atoms with van der Waals surface area (Å²) in [5, 5.41) is 2.38. The van der Waals surface area contributed by atoms with E-state index in [1.165, 1.54) is 28.0 Å². The smallest absolute Gasteiger partial charge is 0.267 e. The first-order valence-corrected chi connectivity index (χ1v) is 12.9. The SMILES string of the molecule is Cc1ccc(-c2csc3nc(SC(C)C(=O)c4ccc5c(c4)N(C)C(=O)C(C)O5)[nH]c(=O)c23)cc1. The molecular weight excluding hydrogens is 482 g/mol. The number of likely N-dealkylation sites (N-methyl/N-ethyl adjacent to an activating group) is 1. The minimum Gasteiger partial charge on any atom is -0.479 e. The van der Waals surface area contributed by atoms with E-state index in [-0.39, 0.29) is 17.2 Å². The molecule has 2 unspecified atom stereocenters. The molecule has 0 radical (unpaired) electrons. The lowest BCUT2D eigenvalue weighted by molar-refractivity contribution is -0.125. The average Bonchev–Trinajstić information content (AvgIpc) is 3.27. The summed E-state index contributed by atoms with van der Waals surface area (Å²) >= 11 is 2.61. The van der Waals surface area contributed by atoms with Crippen LogP contribution in [0.25, 0.3) is 21.3 Å².